The van der Waals surface area contributed by atoms with Gasteiger partial charge in [0, 0.05) is 0 Å². The summed E-state index contributed by atoms with van der Waals surface area (Å²) in [5.74, 6) is 0.0151. The predicted molar refractivity (Wildman–Crippen MR) is 268 cm³/mol. The van der Waals surface area contributed by atoms with Gasteiger partial charge in [-0.15, -0.1) is 0 Å². The molecule has 0 bridgehead atoms. The summed E-state index contributed by atoms with van der Waals surface area (Å²) in [6, 6.07) is 46.6. The second kappa shape index (κ2) is 25.6. The summed E-state index contributed by atoms with van der Waals surface area (Å²) in [4.78, 5) is 14.4. The molecule has 0 radical (unpaired) electrons. The summed E-state index contributed by atoms with van der Waals surface area (Å²) in [5.41, 5.74) is 5.17. The average Bonchev–Trinajstić information content (AvgIpc) is 3.37. The zero-order valence-corrected chi connectivity index (χ0v) is 42.1. The highest BCUT2D eigenvalue weighted by molar-refractivity contribution is 6.77. The molecule has 0 aliphatic carbocycles. The lowest BCUT2D eigenvalue weighted by molar-refractivity contribution is -0.320. The van der Waals surface area contributed by atoms with Gasteiger partial charge in [-0.25, -0.2) is 4.79 Å². The molecule has 2 aliphatic heterocycles. The molecular formula is C57H70O11Si. The van der Waals surface area contributed by atoms with Crippen LogP contribution in [0.15, 0.2) is 158 Å². The Morgan fingerprint density at radius 1 is 0.522 bits per heavy atom. The zero-order chi connectivity index (χ0) is 48.6. The van der Waals surface area contributed by atoms with Crippen LogP contribution in [0.1, 0.15) is 74.2 Å². The minimum atomic E-state index is -2.44. The first-order valence-electron chi connectivity index (χ1n) is 24.3. The third-order valence-corrected chi connectivity index (χ3v) is 19.2. The second-order valence-electron chi connectivity index (χ2n) is 18.7. The summed E-state index contributed by atoms with van der Waals surface area (Å²) in [6.45, 7) is 14.9. The average molecular weight is 959 g/mol. The number of carbonyl (C=O) groups excluding carboxylic acids is 1. The number of carbonyl (C=O) groups is 1. The lowest BCUT2D eigenvalue weighted by atomic mass is 9.97. The quantitative estimate of drug-likeness (QED) is 0.0435. The normalized spacial score (nSPS) is 22.7. The van der Waals surface area contributed by atoms with E-state index in [1.807, 2.05) is 127 Å². The van der Waals surface area contributed by atoms with E-state index in [-0.39, 0.29) is 26.4 Å². The van der Waals surface area contributed by atoms with Gasteiger partial charge >= 0.3 is 5.97 Å². The Labute approximate surface area is 410 Å². The first-order valence-corrected chi connectivity index (χ1v) is 26.4. The molecule has 1 fully saturated rings. The van der Waals surface area contributed by atoms with Gasteiger partial charge in [0.2, 0.25) is 0 Å². The van der Waals surface area contributed by atoms with Gasteiger partial charge in [0.25, 0.3) is 0 Å². The lowest BCUT2D eigenvalue weighted by Crippen LogP contribution is -2.63. The van der Waals surface area contributed by atoms with Gasteiger partial charge in [-0.1, -0.05) is 163 Å². The lowest BCUT2D eigenvalue weighted by Gasteiger charge is -2.48. The maximum Gasteiger partial charge on any atom is 0.338 e. The Morgan fingerprint density at radius 2 is 0.986 bits per heavy atom. The van der Waals surface area contributed by atoms with Crippen molar-refractivity contribution in [1.29, 1.82) is 0 Å². The summed E-state index contributed by atoms with van der Waals surface area (Å²) in [6.07, 6.45) is -2.89. The van der Waals surface area contributed by atoms with Crippen molar-refractivity contribution in [2.24, 2.45) is 0 Å². The third kappa shape index (κ3) is 13.8. The van der Waals surface area contributed by atoms with E-state index in [0.29, 0.717) is 41.2 Å². The second-order valence-corrected chi connectivity index (χ2v) is 24.1. The van der Waals surface area contributed by atoms with Gasteiger partial charge in [0.1, 0.15) is 36.3 Å². The minimum absolute atomic E-state index is 0.0204. The van der Waals surface area contributed by atoms with Crippen molar-refractivity contribution >= 4 is 14.3 Å². The van der Waals surface area contributed by atoms with Crippen molar-refractivity contribution in [1.82, 2.24) is 0 Å². The van der Waals surface area contributed by atoms with E-state index in [2.05, 4.69) is 41.5 Å². The maximum absolute atomic E-state index is 14.4. The van der Waals surface area contributed by atoms with Crippen LogP contribution in [-0.4, -0.2) is 83.6 Å². The zero-order valence-electron chi connectivity index (χ0n) is 41.1. The van der Waals surface area contributed by atoms with Crippen LogP contribution in [0.3, 0.4) is 0 Å². The minimum Gasteiger partial charge on any atom is -0.497 e. The van der Waals surface area contributed by atoms with E-state index in [1.54, 1.807) is 37.6 Å². The van der Waals surface area contributed by atoms with Gasteiger partial charge in [0.05, 0.1) is 58.6 Å². The van der Waals surface area contributed by atoms with E-state index in [1.165, 1.54) is 0 Å². The van der Waals surface area contributed by atoms with Crippen LogP contribution in [-0.2, 0) is 68.7 Å². The largest absolute Gasteiger partial charge is 0.497 e. The number of hydrogen-bond acceptors (Lipinski definition) is 11. The molecule has 0 amide bonds. The number of rotatable bonds is 24. The highest BCUT2D eigenvalue weighted by Gasteiger charge is 2.53. The molecule has 5 aromatic carbocycles. The monoisotopic (exact) mass is 958 g/mol. The number of benzene rings is 5. The molecule has 11 nitrogen and oxygen atoms in total. The van der Waals surface area contributed by atoms with E-state index >= 15 is 0 Å². The van der Waals surface area contributed by atoms with Crippen LogP contribution in [0.2, 0.25) is 16.6 Å². The number of esters is 1. The van der Waals surface area contributed by atoms with Crippen LogP contribution in [0.25, 0.3) is 0 Å². The Hall–Kier alpha value is -5.15. The molecule has 8 atom stereocenters. The predicted octanol–water partition coefficient (Wildman–Crippen LogP) is 11.4. The van der Waals surface area contributed by atoms with Crippen molar-refractivity contribution in [2.75, 3.05) is 20.3 Å². The van der Waals surface area contributed by atoms with Crippen molar-refractivity contribution in [3.63, 3.8) is 0 Å². The van der Waals surface area contributed by atoms with Gasteiger partial charge in [-0.3, -0.25) is 0 Å². The summed E-state index contributed by atoms with van der Waals surface area (Å²) >= 11 is 0. The van der Waals surface area contributed by atoms with Gasteiger partial charge in [-0.2, -0.15) is 0 Å². The van der Waals surface area contributed by atoms with Gasteiger partial charge in [-0.05, 0) is 69.2 Å². The molecule has 0 N–H and O–H groups in total. The van der Waals surface area contributed by atoms with Gasteiger partial charge < -0.3 is 47.1 Å². The van der Waals surface area contributed by atoms with Crippen LogP contribution in [0, 0.1) is 0 Å². The molecule has 0 aromatic heterocycles. The Balaban J connectivity index is 1.25. The molecule has 69 heavy (non-hydrogen) atoms. The van der Waals surface area contributed by atoms with Crippen LogP contribution in [0.5, 0.6) is 5.75 Å². The maximum atomic E-state index is 14.4. The van der Waals surface area contributed by atoms with E-state index in [9.17, 15) is 4.79 Å². The molecule has 2 heterocycles. The van der Waals surface area contributed by atoms with Crippen LogP contribution >= 0.6 is 0 Å². The van der Waals surface area contributed by atoms with Crippen LogP contribution in [0.4, 0.5) is 0 Å². The van der Waals surface area contributed by atoms with Crippen molar-refractivity contribution in [3.05, 3.63) is 186 Å². The van der Waals surface area contributed by atoms with Gasteiger partial charge in [0.15, 0.2) is 26.8 Å². The smallest absolute Gasteiger partial charge is 0.338 e. The highest BCUT2D eigenvalue weighted by Crippen LogP contribution is 2.43. The molecular weight excluding hydrogens is 889 g/mol. The standard InChI is InChI=1S/C57H70O11Si/c1-40(2)69(41(3)4,42(5)6)66-39-51-53(63-36-45-24-16-10-17-25-45)54(64-37-46-26-18-11-19-27-46)55(68-56(58)47-28-30-48(59-7)31-29-47)57(67-51)65-38-50-52(62-35-44-22-14-9-15-23-44)49(32-33-60-50)61-34-43-20-12-8-13-21-43/h8-33,40-42,49-55,57H,34-39H2,1-7H3/t49-,50-,51-,52+,53-,54+,55-,57-/m1/s1. The Morgan fingerprint density at radius 3 is 1.46 bits per heavy atom. The fraction of sp³-hybridized carbons (Fsp3) is 0.421. The molecule has 5 aromatic rings. The topological polar surface area (TPSA) is 109 Å². The summed E-state index contributed by atoms with van der Waals surface area (Å²) in [7, 11) is -0.862. The fourth-order valence-corrected chi connectivity index (χ4v) is 15.1. The molecule has 12 heteroatoms. The first-order chi connectivity index (χ1) is 33.5. The van der Waals surface area contributed by atoms with E-state index in [4.69, 9.17) is 47.1 Å². The molecule has 2 aliphatic rings. The molecule has 0 saturated carbocycles. The van der Waals surface area contributed by atoms with Crippen molar-refractivity contribution in [3.8, 4) is 5.75 Å². The molecule has 0 unspecified atom stereocenters. The number of hydrogen-bond donors (Lipinski definition) is 0. The molecule has 0 spiro atoms. The van der Waals surface area contributed by atoms with Crippen LogP contribution < -0.4 is 4.74 Å². The Kier molecular flexibility index (Phi) is 19.2. The summed E-state index contributed by atoms with van der Waals surface area (Å²) in [5, 5.41) is 0. The van der Waals surface area contributed by atoms with E-state index in [0.717, 1.165) is 22.3 Å². The number of ether oxygens (including phenoxy) is 9. The SMILES string of the molecule is COc1ccc(C(=O)O[C@H]2[C@H](OC[C@H]3OC=C[C@@H](OCc4ccccc4)[C@@H]3OCc3ccccc3)O[C@H](CO[Si](C(C)C)(C(C)C)C(C)C)[C@@H](OCc3ccccc3)[C@@H]2OCc2ccccc2)cc1. The number of methoxy groups -OCH3 is 1. The fourth-order valence-electron chi connectivity index (χ4n) is 9.67. The molecule has 1 saturated heterocycles. The van der Waals surface area contributed by atoms with Crippen molar-refractivity contribution < 1.29 is 51.9 Å². The Bertz CT molecular complexity index is 2260. The third-order valence-electron chi connectivity index (χ3n) is 13.1. The molecule has 7 rings (SSSR count). The van der Waals surface area contributed by atoms with Crippen molar-refractivity contribution in [2.45, 2.75) is 134 Å². The summed E-state index contributed by atoms with van der Waals surface area (Å²) < 4.78 is 66.7. The highest BCUT2D eigenvalue weighted by atomic mass is 28.4. The molecule has 368 valence electrons. The van der Waals surface area contributed by atoms with E-state index < -0.39 is 63.3 Å². The first kappa shape index (κ1) is 51.7.